The van der Waals surface area contributed by atoms with E-state index in [1.165, 1.54) is 58.4 Å². The molecule has 0 aliphatic carbocycles. The molecule has 0 radical (unpaired) electrons. The molecule has 0 aromatic carbocycles. The van der Waals surface area contributed by atoms with E-state index in [0.29, 0.717) is 6.04 Å². The van der Waals surface area contributed by atoms with E-state index in [1.807, 2.05) is 0 Å². The van der Waals surface area contributed by atoms with Crippen molar-refractivity contribution in [2.75, 3.05) is 32.7 Å². The minimum absolute atomic E-state index is 0.463. The Balaban J connectivity index is 1.70. The number of hydrogen-bond donors (Lipinski definition) is 1. The van der Waals surface area contributed by atoms with Crippen LogP contribution in [0.25, 0.3) is 0 Å². The molecule has 2 N–H and O–H groups in total. The first-order chi connectivity index (χ1) is 8.15. The van der Waals surface area contributed by atoms with Gasteiger partial charge in [0.15, 0.2) is 0 Å². The lowest BCUT2D eigenvalue weighted by Crippen LogP contribution is -2.46. The SMILES string of the molecule is CC(C)CCN1CCC(N2CCC(N)CC2)C1. The largest absolute Gasteiger partial charge is 0.328 e. The normalized spacial score (nSPS) is 29.3. The number of nitrogens with zero attached hydrogens (tertiary/aromatic N) is 2. The first-order valence-electron chi connectivity index (χ1n) is 7.37. The van der Waals surface area contributed by atoms with Gasteiger partial charge in [-0.25, -0.2) is 0 Å². The van der Waals surface area contributed by atoms with Crippen molar-refractivity contribution >= 4 is 0 Å². The van der Waals surface area contributed by atoms with E-state index < -0.39 is 0 Å². The third-order valence-electron chi connectivity index (χ3n) is 4.36. The third kappa shape index (κ3) is 3.94. The van der Waals surface area contributed by atoms with Gasteiger partial charge in [0.2, 0.25) is 0 Å². The van der Waals surface area contributed by atoms with Gasteiger partial charge in [0.1, 0.15) is 0 Å². The predicted molar refractivity (Wildman–Crippen MR) is 73.1 cm³/mol. The van der Waals surface area contributed by atoms with Crippen molar-refractivity contribution in [1.82, 2.24) is 9.80 Å². The van der Waals surface area contributed by atoms with Gasteiger partial charge in [-0.15, -0.1) is 0 Å². The highest BCUT2D eigenvalue weighted by Crippen LogP contribution is 2.20. The molecule has 0 saturated carbocycles. The molecule has 3 heteroatoms. The monoisotopic (exact) mass is 239 g/mol. The molecular weight excluding hydrogens is 210 g/mol. The van der Waals surface area contributed by atoms with Crippen LogP contribution >= 0.6 is 0 Å². The van der Waals surface area contributed by atoms with Crippen molar-refractivity contribution in [1.29, 1.82) is 0 Å². The molecule has 3 nitrogen and oxygen atoms in total. The van der Waals surface area contributed by atoms with Crippen molar-refractivity contribution in [2.24, 2.45) is 11.7 Å². The van der Waals surface area contributed by atoms with Crippen LogP contribution in [-0.2, 0) is 0 Å². The minimum Gasteiger partial charge on any atom is -0.328 e. The van der Waals surface area contributed by atoms with Crippen molar-refractivity contribution in [3.8, 4) is 0 Å². The summed E-state index contributed by atoms with van der Waals surface area (Å²) in [6, 6.07) is 1.28. The van der Waals surface area contributed by atoms with Gasteiger partial charge in [0, 0.05) is 18.6 Å². The lowest BCUT2D eigenvalue weighted by Gasteiger charge is -2.34. The van der Waals surface area contributed by atoms with Crippen LogP contribution in [0.15, 0.2) is 0 Å². The second kappa shape index (κ2) is 6.17. The second-order valence-corrected chi connectivity index (χ2v) is 6.30. The van der Waals surface area contributed by atoms with E-state index in [0.717, 1.165) is 12.0 Å². The second-order valence-electron chi connectivity index (χ2n) is 6.30. The number of hydrogen-bond acceptors (Lipinski definition) is 3. The van der Waals surface area contributed by atoms with Gasteiger partial charge in [-0.2, -0.15) is 0 Å². The molecule has 0 amide bonds. The summed E-state index contributed by atoms with van der Waals surface area (Å²) in [5.74, 6) is 0.835. The molecule has 100 valence electrons. The van der Waals surface area contributed by atoms with E-state index in [4.69, 9.17) is 5.73 Å². The summed E-state index contributed by atoms with van der Waals surface area (Å²) in [7, 11) is 0. The average molecular weight is 239 g/mol. The van der Waals surface area contributed by atoms with Crippen LogP contribution in [-0.4, -0.2) is 54.6 Å². The Hall–Kier alpha value is -0.120. The lowest BCUT2D eigenvalue weighted by molar-refractivity contribution is 0.151. The van der Waals surface area contributed by atoms with E-state index in [-0.39, 0.29) is 0 Å². The summed E-state index contributed by atoms with van der Waals surface area (Å²) >= 11 is 0. The molecular formula is C14H29N3. The van der Waals surface area contributed by atoms with Crippen LogP contribution in [0.3, 0.4) is 0 Å². The van der Waals surface area contributed by atoms with Crippen LogP contribution in [0.2, 0.25) is 0 Å². The molecule has 2 fully saturated rings. The first-order valence-corrected chi connectivity index (χ1v) is 7.37. The Morgan fingerprint density at radius 3 is 2.47 bits per heavy atom. The number of likely N-dealkylation sites (tertiary alicyclic amines) is 2. The van der Waals surface area contributed by atoms with Crippen LogP contribution in [0.5, 0.6) is 0 Å². The average Bonchev–Trinajstić information content (AvgIpc) is 2.76. The summed E-state index contributed by atoms with van der Waals surface area (Å²) in [6.07, 6.45) is 5.11. The van der Waals surface area contributed by atoms with Crippen molar-refractivity contribution in [2.45, 2.75) is 51.6 Å². The third-order valence-corrected chi connectivity index (χ3v) is 4.36. The molecule has 2 heterocycles. The maximum Gasteiger partial charge on any atom is 0.0235 e. The predicted octanol–water partition coefficient (Wildman–Crippen LogP) is 1.53. The van der Waals surface area contributed by atoms with Crippen molar-refractivity contribution < 1.29 is 0 Å². The molecule has 1 unspecified atom stereocenters. The highest BCUT2D eigenvalue weighted by molar-refractivity contribution is 4.86. The van der Waals surface area contributed by atoms with Gasteiger partial charge in [-0.1, -0.05) is 13.8 Å². The van der Waals surface area contributed by atoms with Crippen LogP contribution in [0.1, 0.15) is 39.5 Å². The summed E-state index contributed by atoms with van der Waals surface area (Å²) in [4.78, 5) is 5.33. The van der Waals surface area contributed by atoms with Crippen LogP contribution in [0, 0.1) is 5.92 Å². The molecule has 17 heavy (non-hydrogen) atoms. The quantitative estimate of drug-likeness (QED) is 0.807. The molecule has 2 saturated heterocycles. The Bertz CT molecular complexity index is 222. The maximum absolute atomic E-state index is 5.97. The molecule has 0 aromatic rings. The van der Waals surface area contributed by atoms with Crippen LogP contribution < -0.4 is 5.73 Å². The fraction of sp³-hybridized carbons (Fsp3) is 1.00. The van der Waals surface area contributed by atoms with Gasteiger partial charge in [-0.05, 0) is 57.8 Å². The molecule has 1 atom stereocenters. The minimum atomic E-state index is 0.463. The number of rotatable bonds is 4. The van der Waals surface area contributed by atoms with E-state index in [1.54, 1.807) is 0 Å². The van der Waals surface area contributed by atoms with Crippen molar-refractivity contribution in [3.63, 3.8) is 0 Å². The Morgan fingerprint density at radius 1 is 1.12 bits per heavy atom. The zero-order valence-electron chi connectivity index (χ0n) is 11.6. The summed E-state index contributed by atoms with van der Waals surface area (Å²) in [5.41, 5.74) is 5.97. The summed E-state index contributed by atoms with van der Waals surface area (Å²) < 4.78 is 0. The highest BCUT2D eigenvalue weighted by Gasteiger charge is 2.29. The fourth-order valence-corrected chi connectivity index (χ4v) is 3.04. The van der Waals surface area contributed by atoms with Gasteiger partial charge >= 0.3 is 0 Å². The first kappa shape index (κ1) is 13.3. The van der Waals surface area contributed by atoms with E-state index in [2.05, 4.69) is 23.6 Å². The lowest BCUT2D eigenvalue weighted by atomic mass is 10.0. The topological polar surface area (TPSA) is 32.5 Å². The van der Waals surface area contributed by atoms with E-state index in [9.17, 15) is 0 Å². The summed E-state index contributed by atoms with van der Waals surface area (Å²) in [5, 5.41) is 0. The zero-order valence-corrected chi connectivity index (χ0v) is 11.6. The highest BCUT2D eigenvalue weighted by atomic mass is 15.3. The van der Waals surface area contributed by atoms with Crippen LogP contribution in [0.4, 0.5) is 0 Å². The van der Waals surface area contributed by atoms with Gasteiger partial charge in [-0.3, -0.25) is 4.90 Å². The molecule has 2 aliphatic heterocycles. The maximum atomic E-state index is 5.97. The molecule has 0 spiro atoms. The smallest absolute Gasteiger partial charge is 0.0235 e. The molecule has 2 aliphatic rings. The van der Waals surface area contributed by atoms with Gasteiger partial charge in [0.25, 0.3) is 0 Å². The Kier molecular flexibility index (Phi) is 4.83. The Morgan fingerprint density at radius 2 is 1.82 bits per heavy atom. The number of piperidine rings is 1. The zero-order chi connectivity index (χ0) is 12.3. The fourth-order valence-electron chi connectivity index (χ4n) is 3.04. The van der Waals surface area contributed by atoms with Crippen molar-refractivity contribution in [3.05, 3.63) is 0 Å². The Labute approximate surface area is 106 Å². The molecule has 0 bridgehead atoms. The van der Waals surface area contributed by atoms with Gasteiger partial charge in [0.05, 0.1) is 0 Å². The van der Waals surface area contributed by atoms with E-state index >= 15 is 0 Å². The number of nitrogens with two attached hydrogens (primary N) is 1. The molecule has 2 rings (SSSR count). The standard InChI is InChI=1S/C14H29N3/c1-12(2)3-7-16-8-6-14(11-16)17-9-4-13(15)5-10-17/h12-14H,3-11,15H2,1-2H3. The summed E-state index contributed by atoms with van der Waals surface area (Å²) in [6.45, 7) is 11.0. The molecule has 0 aromatic heterocycles. The van der Waals surface area contributed by atoms with Gasteiger partial charge < -0.3 is 10.6 Å².